The van der Waals surface area contributed by atoms with E-state index >= 15 is 0 Å². The highest BCUT2D eigenvalue weighted by atomic mass is 16.5. The van der Waals surface area contributed by atoms with Crippen molar-refractivity contribution in [2.45, 2.75) is 50.7 Å². The third-order valence-corrected chi connectivity index (χ3v) is 6.51. The number of likely N-dealkylation sites (tertiary alicyclic amines) is 2. The monoisotopic (exact) mass is 509 g/mol. The summed E-state index contributed by atoms with van der Waals surface area (Å²) in [6, 6.07) is 16.7. The van der Waals surface area contributed by atoms with Crippen LogP contribution in [0.4, 0.5) is 4.79 Å². The topological polar surface area (TPSA) is 125 Å². The van der Waals surface area contributed by atoms with Gasteiger partial charge in [-0.05, 0) is 24.0 Å². The normalized spacial score (nSPS) is 20.9. The van der Waals surface area contributed by atoms with Gasteiger partial charge in [0.15, 0.2) is 0 Å². The van der Waals surface area contributed by atoms with E-state index in [0.717, 1.165) is 11.1 Å². The number of aliphatic hydroxyl groups excluding tert-OH is 1. The number of nitrogens with one attached hydrogen (secondary N) is 1. The number of rotatable bonds is 8. The molecule has 3 atom stereocenters. The van der Waals surface area contributed by atoms with Gasteiger partial charge in [0.2, 0.25) is 11.8 Å². The molecule has 37 heavy (non-hydrogen) atoms. The van der Waals surface area contributed by atoms with Crippen molar-refractivity contribution in [3.8, 4) is 0 Å². The lowest BCUT2D eigenvalue weighted by molar-refractivity contribution is -0.156. The number of ether oxygens (including phenoxy) is 2. The molecule has 4 rings (SSSR count). The van der Waals surface area contributed by atoms with Gasteiger partial charge in [-0.15, -0.1) is 0 Å². The van der Waals surface area contributed by atoms with Crippen LogP contribution in [-0.2, 0) is 37.1 Å². The minimum absolute atomic E-state index is 0.0348. The lowest BCUT2D eigenvalue weighted by Crippen LogP contribution is -2.52. The quantitative estimate of drug-likeness (QED) is 0.518. The summed E-state index contributed by atoms with van der Waals surface area (Å²) in [5.41, 5.74) is 1.65. The SMILES string of the molecule is O=C(NCC(=O)N1C[C@H](O)C[C@H]1C(=O)N1CCC[C@H]1C(=O)OCc1ccccc1)OCc1ccccc1. The summed E-state index contributed by atoms with van der Waals surface area (Å²) in [5.74, 6) is -1.42. The first-order valence-electron chi connectivity index (χ1n) is 12.4. The smallest absolute Gasteiger partial charge is 0.407 e. The summed E-state index contributed by atoms with van der Waals surface area (Å²) in [4.78, 5) is 53.7. The maximum absolute atomic E-state index is 13.4. The second-order valence-corrected chi connectivity index (χ2v) is 9.15. The first-order chi connectivity index (χ1) is 17.9. The van der Waals surface area contributed by atoms with E-state index in [0.29, 0.717) is 19.4 Å². The number of hydrogen-bond acceptors (Lipinski definition) is 7. The van der Waals surface area contributed by atoms with Crippen molar-refractivity contribution >= 4 is 23.9 Å². The van der Waals surface area contributed by atoms with Gasteiger partial charge < -0.3 is 29.7 Å². The van der Waals surface area contributed by atoms with Crippen LogP contribution < -0.4 is 5.32 Å². The van der Waals surface area contributed by atoms with Gasteiger partial charge in [-0.1, -0.05) is 60.7 Å². The molecule has 196 valence electrons. The third-order valence-electron chi connectivity index (χ3n) is 6.51. The van der Waals surface area contributed by atoms with Crippen molar-refractivity contribution in [3.05, 3.63) is 71.8 Å². The molecule has 0 saturated carbocycles. The van der Waals surface area contributed by atoms with E-state index in [4.69, 9.17) is 9.47 Å². The number of β-amino-alcohol motifs (C(OH)–C–C–N with tert-alkyl or cyclic N) is 1. The van der Waals surface area contributed by atoms with Gasteiger partial charge in [0.25, 0.3) is 0 Å². The Balaban J connectivity index is 1.30. The van der Waals surface area contributed by atoms with Crippen LogP contribution in [-0.4, -0.2) is 76.6 Å². The Bertz CT molecular complexity index is 1100. The van der Waals surface area contributed by atoms with Gasteiger partial charge in [0.1, 0.15) is 31.8 Å². The molecule has 2 heterocycles. The molecule has 3 amide bonds. The van der Waals surface area contributed by atoms with E-state index in [2.05, 4.69) is 5.32 Å². The largest absolute Gasteiger partial charge is 0.459 e. The average molecular weight is 510 g/mol. The molecule has 2 fully saturated rings. The van der Waals surface area contributed by atoms with Crippen molar-refractivity contribution in [3.63, 3.8) is 0 Å². The molecule has 0 spiro atoms. The fraction of sp³-hybridized carbons (Fsp3) is 0.407. The van der Waals surface area contributed by atoms with Gasteiger partial charge in [0.05, 0.1) is 6.10 Å². The van der Waals surface area contributed by atoms with Crippen LogP contribution in [0.15, 0.2) is 60.7 Å². The number of benzene rings is 2. The highest BCUT2D eigenvalue weighted by Crippen LogP contribution is 2.26. The van der Waals surface area contributed by atoms with E-state index in [1.807, 2.05) is 60.7 Å². The van der Waals surface area contributed by atoms with Gasteiger partial charge in [0, 0.05) is 19.5 Å². The molecule has 10 nitrogen and oxygen atoms in total. The highest BCUT2D eigenvalue weighted by Gasteiger charge is 2.45. The zero-order valence-electron chi connectivity index (χ0n) is 20.5. The number of carbonyl (C=O) groups is 4. The molecule has 0 radical (unpaired) electrons. The number of esters is 1. The lowest BCUT2D eigenvalue weighted by Gasteiger charge is -2.30. The lowest BCUT2D eigenvalue weighted by atomic mass is 10.1. The molecule has 2 N–H and O–H groups in total. The van der Waals surface area contributed by atoms with Crippen LogP contribution in [0.2, 0.25) is 0 Å². The third kappa shape index (κ3) is 6.85. The summed E-state index contributed by atoms with van der Waals surface area (Å²) in [6.07, 6.45) is -0.480. The van der Waals surface area contributed by atoms with Crippen molar-refractivity contribution in [1.82, 2.24) is 15.1 Å². The highest BCUT2D eigenvalue weighted by molar-refractivity contribution is 5.92. The molecular formula is C27H31N3O7. The van der Waals surface area contributed by atoms with Crippen LogP contribution in [0.3, 0.4) is 0 Å². The Kier molecular flexibility index (Phi) is 8.73. The van der Waals surface area contributed by atoms with Crippen LogP contribution in [0.1, 0.15) is 30.4 Å². The van der Waals surface area contributed by atoms with Crippen LogP contribution in [0.25, 0.3) is 0 Å². The number of alkyl carbamates (subject to hydrolysis) is 1. The van der Waals surface area contributed by atoms with E-state index < -0.39 is 42.1 Å². The number of nitrogens with zero attached hydrogens (tertiary/aromatic N) is 2. The number of carbonyl (C=O) groups excluding carboxylic acids is 4. The van der Waals surface area contributed by atoms with E-state index in [9.17, 15) is 24.3 Å². The Morgan fingerprint density at radius 3 is 2.14 bits per heavy atom. The summed E-state index contributed by atoms with van der Waals surface area (Å²) >= 11 is 0. The fourth-order valence-corrected chi connectivity index (χ4v) is 4.64. The molecule has 0 aromatic heterocycles. The van der Waals surface area contributed by atoms with Crippen molar-refractivity contribution < 1.29 is 33.8 Å². The Labute approximate surface area is 215 Å². The zero-order valence-corrected chi connectivity index (χ0v) is 20.5. The predicted octanol–water partition coefficient (Wildman–Crippen LogP) is 1.61. The van der Waals surface area contributed by atoms with Crippen LogP contribution >= 0.6 is 0 Å². The Hall–Kier alpha value is -3.92. The second-order valence-electron chi connectivity index (χ2n) is 9.15. The summed E-state index contributed by atoms with van der Waals surface area (Å²) < 4.78 is 10.6. The molecule has 0 bridgehead atoms. The van der Waals surface area contributed by atoms with Gasteiger partial charge >= 0.3 is 12.1 Å². The first-order valence-corrected chi connectivity index (χ1v) is 12.4. The van der Waals surface area contributed by atoms with Crippen molar-refractivity contribution in [1.29, 1.82) is 0 Å². The second kappa shape index (κ2) is 12.4. The minimum atomic E-state index is -0.924. The molecule has 0 unspecified atom stereocenters. The van der Waals surface area contributed by atoms with E-state index in [-0.39, 0.29) is 32.7 Å². The van der Waals surface area contributed by atoms with Crippen LogP contribution in [0, 0.1) is 0 Å². The molecule has 0 aliphatic carbocycles. The maximum Gasteiger partial charge on any atom is 0.407 e. The number of aliphatic hydroxyl groups is 1. The number of amides is 3. The Morgan fingerprint density at radius 2 is 1.49 bits per heavy atom. The van der Waals surface area contributed by atoms with Crippen LogP contribution in [0.5, 0.6) is 0 Å². The van der Waals surface area contributed by atoms with Gasteiger partial charge in [-0.3, -0.25) is 9.59 Å². The van der Waals surface area contributed by atoms with Gasteiger partial charge in [-0.2, -0.15) is 0 Å². The van der Waals surface area contributed by atoms with E-state index in [1.54, 1.807) is 0 Å². The van der Waals surface area contributed by atoms with Crippen molar-refractivity contribution in [2.24, 2.45) is 0 Å². The summed E-state index contributed by atoms with van der Waals surface area (Å²) in [7, 11) is 0. The molecule has 2 saturated heterocycles. The average Bonchev–Trinajstić information content (AvgIpc) is 3.57. The Morgan fingerprint density at radius 1 is 0.865 bits per heavy atom. The number of hydrogen-bond donors (Lipinski definition) is 2. The minimum Gasteiger partial charge on any atom is -0.459 e. The molecule has 2 aromatic carbocycles. The van der Waals surface area contributed by atoms with E-state index in [1.165, 1.54) is 9.80 Å². The molecule has 2 aliphatic heterocycles. The molecular weight excluding hydrogens is 478 g/mol. The molecule has 2 aromatic rings. The summed E-state index contributed by atoms with van der Waals surface area (Å²) in [6.45, 7) is 0.111. The van der Waals surface area contributed by atoms with Gasteiger partial charge in [-0.25, -0.2) is 9.59 Å². The maximum atomic E-state index is 13.4. The zero-order chi connectivity index (χ0) is 26.2. The standard InChI is InChI=1S/C27H31N3O7/c31-21-14-23(30(16-21)24(32)15-28-27(35)37-18-20-10-5-2-6-11-20)25(33)29-13-7-12-22(29)26(34)36-17-19-8-3-1-4-9-19/h1-6,8-11,21-23,31H,7,12-18H2,(H,28,35)/t21-,22+,23+/m1/s1. The van der Waals surface area contributed by atoms with Crippen molar-refractivity contribution in [2.75, 3.05) is 19.6 Å². The fourth-order valence-electron chi connectivity index (χ4n) is 4.64. The predicted molar refractivity (Wildman–Crippen MR) is 132 cm³/mol. The molecule has 2 aliphatic rings. The summed E-state index contributed by atoms with van der Waals surface area (Å²) in [5, 5.41) is 12.6. The molecule has 10 heteroatoms. The first kappa shape index (κ1) is 26.2.